The first-order valence-corrected chi connectivity index (χ1v) is 9.80. The van der Waals surface area contributed by atoms with Gasteiger partial charge < -0.3 is 9.80 Å². The Balaban J connectivity index is 1.97. The monoisotopic (exact) mass is 396 g/mol. The van der Waals surface area contributed by atoms with E-state index in [1.165, 1.54) is 0 Å². The van der Waals surface area contributed by atoms with E-state index in [4.69, 9.17) is 0 Å². The van der Waals surface area contributed by atoms with Gasteiger partial charge in [0.05, 0.1) is 52.1 Å². The van der Waals surface area contributed by atoms with E-state index in [1.807, 2.05) is 12.1 Å². The average molecular weight is 396 g/mol. The number of nitro groups is 2. The van der Waals surface area contributed by atoms with Gasteiger partial charge in [-0.05, 0) is 35.1 Å². The molecule has 2 aliphatic rings. The maximum absolute atomic E-state index is 11.7. The third-order valence-corrected chi connectivity index (χ3v) is 5.89. The highest BCUT2D eigenvalue weighted by atomic mass is 16.6. The van der Waals surface area contributed by atoms with Crippen molar-refractivity contribution in [3.8, 4) is 0 Å². The summed E-state index contributed by atoms with van der Waals surface area (Å²) < 4.78 is 0. The summed E-state index contributed by atoms with van der Waals surface area (Å²) in [5.74, 6) is 0.379. The van der Waals surface area contributed by atoms with Crippen molar-refractivity contribution < 1.29 is 9.85 Å². The number of fused-ring (bicyclic) bond motifs is 6. The van der Waals surface area contributed by atoms with Gasteiger partial charge in [-0.1, -0.05) is 27.7 Å². The summed E-state index contributed by atoms with van der Waals surface area (Å²) >= 11 is 0. The van der Waals surface area contributed by atoms with Crippen molar-refractivity contribution in [3.63, 3.8) is 0 Å². The van der Waals surface area contributed by atoms with Crippen LogP contribution in [-0.2, 0) is 13.1 Å². The number of nitrogens with zero attached hydrogens (tertiary/aromatic N) is 4. The molecule has 29 heavy (non-hydrogen) atoms. The summed E-state index contributed by atoms with van der Waals surface area (Å²) in [7, 11) is 0. The first kappa shape index (κ1) is 19.2. The molecule has 0 fully saturated rings. The topological polar surface area (TPSA) is 92.8 Å². The molecule has 2 aromatic carbocycles. The molecule has 0 saturated carbocycles. The van der Waals surface area contributed by atoms with Gasteiger partial charge in [-0.3, -0.25) is 20.2 Å². The molecule has 0 spiro atoms. The number of benzene rings is 2. The lowest BCUT2D eigenvalue weighted by molar-refractivity contribution is -0.385. The molecule has 0 N–H and O–H groups in total. The van der Waals surface area contributed by atoms with Gasteiger partial charge >= 0.3 is 0 Å². The Morgan fingerprint density at radius 1 is 0.759 bits per heavy atom. The smallest absolute Gasteiger partial charge is 0.276 e. The normalized spacial score (nSPS) is 14.8. The molecule has 2 heterocycles. The SMILES string of the molecule is CC(C)c1ccc([N+](=O)[O-])c2c1N1Cc3c([N+](=O)[O-])ccc(C(C)C)c3N(C2)C1. The molecule has 0 atom stereocenters. The quantitative estimate of drug-likeness (QED) is 0.530. The molecule has 152 valence electrons. The van der Waals surface area contributed by atoms with Crippen LogP contribution < -0.4 is 9.80 Å². The third-order valence-electron chi connectivity index (χ3n) is 5.89. The molecule has 2 aliphatic heterocycles. The van der Waals surface area contributed by atoms with Crippen LogP contribution in [0.25, 0.3) is 0 Å². The van der Waals surface area contributed by atoms with Crippen molar-refractivity contribution in [3.05, 3.63) is 66.7 Å². The second kappa shape index (κ2) is 6.72. The summed E-state index contributed by atoms with van der Waals surface area (Å²) in [6, 6.07) is 6.84. The zero-order valence-corrected chi connectivity index (χ0v) is 17.0. The standard InChI is InChI=1S/C21H24N4O4/c1-12(2)14-5-7-18(24(26)27)16-9-23-11-22(20(14)16)10-17-19(25(28)29)8-6-15(13(3)4)21(17)23/h5-8,12-13H,9-11H2,1-4H3. The molecular weight excluding hydrogens is 372 g/mol. The first-order chi connectivity index (χ1) is 13.7. The number of hydrogen-bond acceptors (Lipinski definition) is 6. The predicted molar refractivity (Wildman–Crippen MR) is 112 cm³/mol. The van der Waals surface area contributed by atoms with Crippen molar-refractivity contribution in [2.45, 2.75) is 52.6 Å². The number of nitro benzene ring substituents is 2. The molecule has 2 aromatic rings. The van der Waals surface area contributed by atoms with E-state index in [0.29, 0.717) is 30.9 Å². The van der Waals surface area contributed by atoms with Gasteiger partial charge in [0.1, 0.15) is 0 Å². The molecule has 8 heteroatoms. The molecule has 0 saturated heterocycles. The van der Waals surface area contributed by atoms with Gasteiger partial charge in [-0.15, -0.1) is 0 Å². The van der Waals surface area contributed by atoms with Gasteiger partial charge in [0.15, 0.2) is 0 Å². The van der Waals surface area contributed by atoms with Gasteiger partial charge in [0, 0.05) is 12.1 Å². The van der Waals surface area contributed by atoms with E-state index in [2.05, 4.69) is 37.5 Å². The lowest BCUT2D eigenvalue weighted by atomic mass is 9.89. The van der Waals surface area contributed by atoms with E-state index in [0.717, 1.165) is 22.5 Å². The fourth-order valence-electron chi connectivity index (χ4n) is 4.61. The van der Waals surface area contributed by atoms with Crippen LogP contribution in [0.2, 0.25) is 0 Å². The Bertz CT molecular complexity index is 950. The number of anilines is 2. The summed E-state index contributed by atoms with van der Waals surface area (Å²) in [6.07, 6.45) is 0. The lowest BCUT2D eigenvalue weighted by Crippen LogP contribution is -2.47. The van der Waals surface area contributed by atoms with Crippen LogP contribution in [0.15, 0.2) is 24.3 Å². The maximum atomic E-state index is 11.7. The Kier molecular flexibility index (Phi) is 4.44. The summed E-state index contributed by atoms with van der Waals surface area (Å²) in [4.78, 5) is 26.9. The van der Waals surface area contributed by atoms with Crippen LogP contribution in [0.3, 0.4) is 0 Å². The Morgan fingerprint density at radius 3 is 1.45 bits per heavy atom. The fourth-order valence-corrected chi connectivity index (χ4v) is 4.61. The molecule has 2 bridgehead atoms. The molecule has 8 nitrogen and oxygen atoms in total. The van der Waals surface area contributed by atoms with E-state index in [-0.39, 0.29) is 33.1 Å². The zero-order chi connectivity index (χ0) is 21.0. The van der Waals surface area contributed by atoms with E-state index in [9.17, 15) is 20.2 Å². The zero-order valence-electron chi connectivity index (χ0n) is 17.0. The lowest BCUT2D eigenvalue weighted by Gasteiger charge is -2.46. The Labute approximate surface area is 169 Å². The summed E-state index contributed by atoms with van der Waals surface area (Å²) in [5.41, 5.74) is 5.41. The minimum Gasteiger partial charge on any atom is -0.348 e. The Hall–Kier alpha value is -3.16. The highest BCUT2D eigenvalue weighted by Crippen LogP contribution is 2.48. The predicted octanol–water partition coefficient (Wildman–Crippen LogP) is 5.05. The van der Waals surface area contributed by atoms with E-state index < -0.39 is 0 Å². The number of rotatable bonds is 4. The highest BCUT2D eigenvalue weighted by Gasteiger charge is 2.39. The van der Waals surface area contributed by atoms with Gasteiger partial charge in [-0.25, -0.2) is 0 Å². The van der Waals surface area contributed by atoms with Crippen molar-refractivity contribution in [1.82, 2.24) is 0 Å². The molecule has 0 radical (unpaired) electrons. The molecule has 0 amide bonds. The fraction of sp³-hybridized carbons (Fsp3) is 0.429. The van der Waals surface area contributed by atoms with Crippen LogP contribution in [-0.4, -0.2) is 16.5 Å². The minimum absolute atomic E-state index is 0.110. The molecule has 0 aromatic heterocycles. The average Bonchev–Trinajstić information content (AvgIpc) is 2.65. The Morgan fingerprint density at radius 2 is 1.14 bits per heavy atom. The molecule has 4 rings (SSSR count). The molecular formula is C21H24N4O4. The van der Waals surface area contributed by atoms with E-state index in [1.54, 1.807) is 12.1 Å². The van der Waals surface area contributed by atoms with Gasteiger partial charge in [0.2, 0.25) is 0 Å². The molecule has 0 unspecified atom stereocenters. The molecule has 0 aliphatic carbocycles. The maximum Gasteiger partial charge on any atom is 0.276 e. The highest BCUT2D eigenvalue weighted by molar-refractivity contribution is 5.78. The van der Waals surface area contributed by atoms with Crippen molar-refractivity contribution in [1.29, 1.82) is 0 Å². The van der Waals surface area contributed by atoms with Crippen LogP contribution in [0.5, 0.6) is 0 Å². The summed E-state index contributed by atoms with van der Waals surface area (Å²) in [5, 5.41) is 23.4. The van der Waals surface area contributed by atoms with Crippen molar-refractivity contribution >= 4 is 22.7 Å². The van der Waals surface area contributed by atoms with Crippen LogP contribution in [0.4, 0.5) is 22.7 Å². The van der Waals surface area contributed by atoms with Crippen molar-refractivity contribution in [2.24, 2.45) is 0 Å². The largest absolute Gasteiger partial charge is 0.348 e. The second-order valence-corrected chi connectivity index (χ2v) is 8.36. The summed E-state index contributed by atoms with van der Waals surface area (Å²) in [6.45, 7) is 9.56. The second-order valence-electron chi connectivity index (χ2n) is 8.36. The van der Waals surface area contributed by atoms with Crippen LogP contribution in [0.1, 0.15) is 61.8 Å². The number of hydrogen-bond donors (Lipinski definition) is 0. The van der Waals surface area contributed by atoms with Crippen LogP contribution >= 0.6 is 0 Å². The van der Waals surface area contributed by atoms with E-state index >= 15 is 0 Å². The third kappa shape index (κ3) is 2.90. The van der Waals surface area contributed by atoms with Gasteiger partial charge in [-0.2, -0.15) is 0 Å². The van der Waals surface area contributed by atoms with Gasteiger partial charge in [0.25, 0.3) is 11.4 Å². The van der Waals surface area contributed by atoms with Crippen molar-refractivity contribution in [2.75, 3.05) is 16.5 Å². The van der Waals surface area contributed by atoms with Crippen LogP contribution in [0, 0.1) is 20.2 Å². The minimum atomic E-state index is -0.329. The first-order valence-electron chi connectivity index (χ1n) is 9.80.